The molecule has 2 aromatic rings. The molecule has 4 nitrogen and oxygen atoms in total. The van der Waals surface area contributed by atoms with Gasteiger partial charge in [0.25, 0.3) is 0 Å². The van der Waals surface area contributed by atoms with Gasteiger partial charge in [-0.1, -0.05) is 42.8 Å². The Morgan fingerprint density at radius 3 is 2.45 bits per heavy atom. The summed E-state index contributed by atoms with van der Waals surface area (Å²) in [5, 5.41) is 0.708. The summed E-state index contributed by atoms with van der Waals surface area (Å²) in [5.74, 6) is 1.67. The Hall–Kier alpha value is -2.30. The van der Waals surface area contributed by atoms with Crippen LogP contribution in [0.5, 0.6) is 5.75 Å². The Bertz CT molecular complexity index is 841. The molecular formula is C26H33ClN2O2. The second-order valence-corrected chi connectivity index (χ2v) is 8.68. The topological polar surface area (TPSA) is 32.8 Å². The Balaban J connectivity index is 1.64. The van der Waals surface area contributed by atoms with Crippen LogP contribution in [0.3, 0.4) is 0 Å². The van der Waals surface area contributed by atoms with Crippen LogP contribution in [0.4, 0.5) is 0 Å². The van der Waals surface area contributed by atoms with Gasteiger partial charge in [-0.2, -0.15) is 0 Å². The highest BCUT2D eigenvalue weighted by atomic mass is 35.5. The van der Waals surface area contributed by atoms with E-state index in [9.17, 15) is 4.79 Å². The predicted octanol–water partition coefficient (Wildman–Crippen LogP) is 5.51. The van der Waals surface area contributed by atoms with Crippen LogP contribution in [-0.4, -0.2) is 48.5 Å². The molecule has 0 aromatic heterocycles. The van der Waals surface area contributed by atoms with Gasteiger partial charge < -0.3 is 14.5 Å². The van der Waals surface area contributed by atoms with Crippen molar-refractivity contribution in [2.24, 2.45) is 5.92 Å². The molecule has 1 heterocycles. The van der Waals surface area contributed by atoms with Crippen LogP contribution in [0.1, 0.15) is 37.8 Å². The van der Waals surface area contributed by atoms with Crippen molar-refractivity contribution in [1.82, 2.24) is 9.80 Å². The minimum atomic E-state index is 0.0224. The summed E-state index contributed by atoms with van der Waals surface area (Å²) in [5.41, 5.74) is 2.06. The maximum absolute atomic E-state index is 13.1. The molecule has 166 valence electrons. The molecule has 1 aliphatic heterocycles. The molecule has 1 saturated heterocycles. The van der Waals surface area contributed by atoms with Crippen LogP contribution >= 0.6 is 11.6 Å². The van der Waals surface area contributed by atoms with E-state index in [2.05, 4.69) is 11.8 Å². The first-order chi connectivity index (χ1) is 15.0. The summed E-state index contributed by atoms with van der Waals surface area (Å²) in [6.45, 7) is 9.35. The smallest absolute Gasteiger partial charge is 0.246 e. The van der Waals surface area contributed by atoms with Gasteiger partial charge in [0, 0.05) is 30.7 Å². The molecule has 0 radical (unpaired) electrons. The number of halogens is 1. The third-order valence-corrected chi connectivity index (χ3v) is 6.02. The van der Waals surface area contributed by atoms with Gasteiger partial charge in [-0.05, 0) is 80.2 Å². The standard InChI is InChI=1S/C26H33ClN2O2/c1-3-31-25-11-6-22(7-12-25)8-13-26(30)29(20-23-4-9-24(27)10-5-23)19-18-28-16-14-21(2)15-17-28/h4-13,21H,3,14-20H2,1-2H3/b13-8+. The van der Waals surface area contributed by atoms with Crippen molar-refractivity contribution in [3.63, 3.8) is 0 Å². The van der Waals surface area contributed by atoms with Crippen LogP contribution in [-0.2, 0) is 11.3 Å². The first-order valence-electron chi connectivity index (χ1n) is 11.2. The lowest BCUT2D eigenvalue weighted by Gasteiger charge is -2.32. The Labute approximate surface area is 191 Å². The van der Waals surface area contributed by atoms with E-state index < -0.39 is 0 Å². The number of carbonyl (C=O) groups is 1. The predicted molar refractivity (Wildman–Crippen MR) is 128 cm³/mol. The molecule has 1 aliphatic rings. The first-order valence-corrected chi connectivity index (χ1v) is 11.6. The van der Waals surface area contributed by atoms with Crippen LogP contribution in [0, 0.1) is 5.92 Å². The summed E-state index contributed by atoms with van der Waals surface area (Å²) in [6, 6.07) is 15.5. The van der Waals surface area contributed by atoms with Gasteiger partial charge in [0.15, 0.2) is 0 Å². The molecule has 0 bridgehead atoms. The number of benzene rings is 2. The van der Waals surface area contributed by atoms with E-state index in [-0.39, 0.29) is 5.91 Å². The summed E-state index contributed by atoms with van der Waals surface area (Å²) < 4.78 is 5.48. The summed E-state index contributed by atoms with van der Waals surface area (Å²) >= 11 is 6.03. The minimum absolute atomic E-state index is 0.0224. The summed E-state index contributed by atoms with van der Waals surface area (Å²) in [4.78, 5) is 17.4. The van der Waals surface area contributed by atoms with Gasteiger partial charge in [0.2, 0.25) is 5.91 Å². The monoisotopic (exact) mass is 440 g/mol. The Kier molecular flexibility index (Phi) is 8.98. The van der Waals surface area contributed by atoms with Crippen LogP contribution in [0.15, 0.2) is 54.6 Å². The number of carbonyl (C=O) groups excluding carboxylic acids is 1. The number of hydrogen-bond acceptors (Lipinski definition) is 3. The fourth-order valence-corrected chi connectivity index (χ4v) is 3.87. The molecule has 3 rings (SSSR count). The van der Waals surface area contributed by atoms with E-state index in [1.807, 2.05) is 66.4 Å². The molecular weight excluding hydrogens is 408 g/mol. The van der Waals surface area contributed by atoms with Crippen molar-refractivity contribution >= 4 is 23.6 Å². The van der Waals surface area contributed by atoms with Gasteiger partial charge in [-0.15, -0.1) is 0 Å². The Morgan fingerprint density at radius 1 is 1.13 bits per heavy atom. The molecule has 5 heteroatoms. The number of likely N-dealkylation sites (tertiary alicyclic amines) is 1. The normalized spacial score (nSPS) is 15.3. The van der Waals surface area contributed by atoms with Gasteiger partial charge in [-0.3, -0.25) is 4.79 Å². The second-order valence-electron chi connectivity index (χ2n) is 8.25. The van der Waals surface area contributed by atoms with Crippen LogP contribution in [0.25, 0.3) is 6.08 Å². The number of piperidine rings is 1. The second kappa shape index (κ2) is 11.9. The van der Waals surface area contributed by atoms with E-state index in [0.717, 1.165) is 42.4 Å². The van der Waals surface area contributed by atoms with Gasteiger partial charge in [0.05, 0.1) is 6.61 Å². The molecule has 0 unspecified atom stereocenters. The number of ether oxygens (including phenoxy) is 1. The molecule has 0 atom stereocenters. The van der Waals surface area contributed by atoms with Crippen molar-refractivity contribution in [3.8, 4) is 5.75 Å². The third kappa shape index (κ3) is 7.71. The van der Waals surface area contributed by atoms with E-state index in [1.54, 1.807) is 6.08 Å². The summed E-state index contributed by atoms with van der Waals surface area (Å²) in [6.07, 6.45) is 6.02. The molecule has 31 heavy (non-hydrogen) atoms. The molecule has 1 fully saturated rings. The lowest BCUT2D eigenvalue weighted by Crippen LogP contribution is -2.40. The van der Waals surface area contributed by atoms with Gasteiger partial charge in [0.1, 0.15) is 5.75 Å². The molecule has 0 spiro atoms. The maximum Gasteiger partial charge on any atom is 0.246 e. The Morgan fingerprint density at radius 2 is 1.81 bits per heavy atom. The number of amides is 1. The van der Waals surface area contributed by atoms with Crippen LogP contribution < -0.4 is 4.74 Å². The van der Waals surface area contributed by atoms with E-state index in [4.69, 9.17) is 16.3 Å². The number of rotatable bonds is 9. The molecule has 0 aliphatic carbocycles. The highest BCUT2D eigenvalue weighted by Crippen LogP contribution is 2.17. The minimum Gasteiger partial charge on any atom is -0.494 e. The van der Waals surface area contributed by atoms with Crippen molar-refractivity contribution in [2.75, 3.05) is 32.8 Å². The highest BCUT2D eigenvalue weighted by molar-refractivity contribution is 6.30. The van der Waals surface area contributed by atoms with Crippen molar-refractivity contribution in [3.05, 3.63) is 70.8 Å². The third-order valence-electron chi connectivity index (χ3n) is 5.77. The van der Waals surface area contributed by atoms with Crippen molar-refractivity contribution < 1.29 is 9.53 Å². The average molecular weight is 441 g/mol. The zero-order valence-corrected chi connectivity index (χ0v) is 19.4. The number of hydrogen-bond donors (Lipinski definition) is 0. The molecule has 0 saturated carbocycles. The summed E-state index contributed by atoms with van der Waals surface area (Å²) in [7, 11) is 0. The largest absolute Gasteiger partial charge is 0.494 e. The van der Waals surface area contributed by atoms with Gasteiger partial charge in [-0.25, -0.2) is 0 Å². The zero-order valence-electron chi connectivity index (χ0n) is 18.6. The van der Waals surface area contributed by atoms with E-state index >= 15 is 0 Å². The lowest BCUT2D eigenvalue weighted by molar-refractivity contribution is -0.126. The van der Waals surface area contributed by atoms with Crippen molar-refractivity contribution in [1.29, 1.82) is 0 Å². The molecule has 1 amide bonds. The molecule has 2 aromatic carbocycles. The van der Waals surface area contributed by atoms with E-state index in [1.165, 1.54) is 12.8 Å². The lowest BCUT2D eigenvalue weighted by atomic mass is 9.99. The quantitative estimate of drug-likeness (QED) is 0.482. The molecule has 0 N–H and O–H groups in total. The SMILES string of the molecule is CCOc1ccc(/C=C/C(=O)N(CCN2CCC(C)CC2)Cc2ccc(Cl)cc2)cc1. The fraction of sp³-hybridized carbons (Fsp3) is 0.423. The fourth-order valence-electron chi connectivity index (χ4n) is 3.74. The average Bonchev–Trinajstić information content (AvgIpc) is 2.78. The zero-order chi connectivity index (χ0) is 22.1. The number of nitrogens with zero attached hydrogens (tertiary/aromatic N) is 2. The maximum atomic E-state index is 13.1. The first kappa shape index (κ1) is 23.4. The van der Waals surface area contributed by atoms with E-state index in [0.29, 0.717) is 24.7 Å². The van der Waals surface area contributed by atoms with Crippen LogP contribution in [0.2, 0.25) is 5.02 Å². The highest BCUT2D eigenvalue weighted by Gasteiger charge is 2.18. The van der Waals surface area contributed by atoms with Gasteiger partial charge >= 0.3 is 0 Å². The van der Waals surface area contributed by atoms with Crippen molar-refractivity contribution in [2.45, 2.75) is 33.2 Å².